The van der Waals surface area contributed by atoms with Gasteiger partial charge in [0.2, 0.25) is 0 Å². The topological polar surface area (TPSA) is 104 Å². The van der Waals surface area contributed by atoms with Gasteiger partial charge >= 0.3 is 11.9 Å². The van der Waals surface area contributed by atoms with Crippen LogP contribution in [0.1, 0.15) is 12.8 Å². The van der Waals surface area contributed by atoms with E-state index in [-0.39, 0.29) is 32.7 Å². The molecule has 194 valence electrons. The van der Waals surface area contributed by atoms with Gasteiger partial charge in [-0.2, -0.15) is 18.4 Å². The minimum Gasteiger partial charge on any atom is -0.380 e. The summed E-state index contributed by atoms with van der Waals surface area (Å²) in [6, 6.07) is 6.45. The second-order valence-electron chi connectivity index (χ2n) is 8.37. The molecule has 1 aromatic carbocycles. The quantitative estimate of drug-likeness (QED) is 0.487. The van der Waals surface area contributed by atoms with E-state index in [2.05, 4.69) is 4.98 Å². The van der Waals surface area contributed by atoms with Crippen molar-refractivity contribution in [3.8, 4) is 22.9 Å². The molecule has 0 radical (unpaired) electrons. The van der Waals surface area contributed by atoms with Gasteiger partial charge in [0.15, 0.2) is 5.60 Å². The third-order valence-corrected chi connectivity index (χ3v) is 6.62. The van der Waals surface area contributed by atoms with Crippen molar-refractivity contribution in [3.63, 3.8) is 0 Å². The highest BCUT2D eigenvalue weighted by atomic mass is 35.5. The number of hydrogen-bond acceptors (Lipinski definition) is 6. The second kappa shape index (κ2) is 9.81. The van der Waals surface area contributed by atoms with E-state index in [4.69, 9.17) is 23.2 Å². The molecule has 2 aromatic heterocycles. The third kappa shape index (κ3) is 4.82. The fourth-order valence-electron chi connectivity index (χ4n) is 4.21. The van der Waals surface area contributed by atoms with E-state index in [1.54, 1.807) is 0 Å². The van der Waals surface area contributed by atoms with Crippen molar-refractivity contribution in [2.24, 2.45) is 0 Å². The third-order valence-electron chi connectivity index (χ3n) is 6.12. The van der Waals surface area contributed by atoms with Crippen LogP contribution in [0.3, 0.4) is 0 Å². The van der Waals surface area contributed by atoms with Crippen LogP contribution >= 0.6 is 23.2 Å². The molecule has 0 aliphatic carbocycles. The number of anilines is 1. The predicted molar refractivity (Wildman–Crippen MR) is 128 cm³/mol. The lowest BCUT2D eigenvalue weighted by molar-refractivity contribution is -0.266. The normalized spacial score (nSPS) is 15.5. The minimum absolute atomic E-state index is 0.0275. The van der Waals surface area contributed by atoms with Gasteiger partial charge < -0.3 is 10.0 Å². The molecule has 0 unspecified atom stereocenters. The second-order valence-corrected chi connectivity index (χ2v) is 9.22. The zero-order valence-corrected chi connectivity index (χ0v) is 20.3. The number of nitriles is 1. The van der Waals surface area contributed by atoms with E-state index < -0.39 is 61.3 Å². The molecule has 1 N–H and O–H groups in total. The molecule has 3 aromatic rings. The van der Waals surface area contributed by atoms with Crippen molar-refractivity contribution in [3.05, 3.63) is 73.4 Å². The molecule has 8 nitrogen and oxygen atoms in total. The summed E-state index contributed by atoms with van der Waals surface area (Å²) in [4.78, 5) is 32.5. The Morgan fingerprint density at radius 2 is 1.81 bits per heavy atom. The Morgan fingerprint density at radius 3 is 2.38 bits per heavy atom. The average Bonchev–Trinajstić information content (AvgIpc) is 2.83. The first-order valence-corrected chi connectivity index (χ1v) is 11.5. The van der Waals surface area contributed by atoms with Gasteiger partial charge in [-0.1, -0.05) is 29.3 Å². The number of alkyl halides is 3. The molecule has 0 bridgehead atoms. The van der Waals surface area contributed by atoms with E-state index in [1.165, 1.54) is 29.4 Å². The maximum absolute atomic E-state index is 13.9. The van der Waals surface area contributed by atoms with Crippen LogP contribution in [0.25, 0.3) is 16.8 Å². The van der Waals surface area contributed by atoms with Crippen LogP contribution in [0.5, 0.6) is 0 Å². The molecule has 0 spiro atoms. The maximum atomic E-state index is 13.9. The molecule has 1 saturated heterocycles. The summed E-state index contributed by atoms with van der Waals surface area (Å²) in [7, 11) is 0. The van der Waals surface area contributed by atoms with Crippen molar-refractivity contribution in [2.45, 2.75) is 31.2 Å². The lowest BCUT2D eigenvalue weighted by Crippen LogP contribution is -2.54. The Bertz CT molecular complexity index is 1520. The highest BCUT2D eigenvalue weighted by Crippen LogP contribution is 2.40. The fourth-order valence-corrected chi connectivity index (χ4v) is 4.56. The van der Waals surface area contributed by atoms with Crippen molar-refractivity contribution in [2.75, 3.05) is 18.0 Å². The average molecular weight is 558 g/mol. The van der Waals surface area contributed by atoms with E-state index in [0.717, 1.165) is 16.7 Å². The number of rotatable bonds is 4. The molecule has 3 heterocycles. The molecular formula is C23H17Cl2F4N5O3. The first kappa shape index (κ1) is 26.7. The molecule has 4 rings (SSSR count). The summed E-state index contributed by atoms with van der Waals surface area (Å²) in [6.45, 7) is -1.37. The molecule has 1 aliphatic heterocycles. The van der Waals surface area contributed by atoms with Crippen LogP contribution in [-0.4, -0.2) is 44.1 Å². The highest BCUT2D eigenvalue weighted by molar-refractivity contribution is 6.31. The highest BCUT2D eigenvalue weighted by Gasteiger charge is 2.54. The Morgan fingerprint density at radius 1 is 1.14 bits per heavy atom. The number of nitrogens with zero attached hydrogens (tertiary/aromatic N) is 5. The molecule has 0 atom stereocenters. The van der Waals surface area contributed by atoms with Gasteiger partial charge in [-0.15, -0.1) is 0 Å². The number of pyridine rings is 1. The van der Waals surface area contributed by atoms with Gasteiger partial charge in [0.1, 0.15) is 18.2 Å². The van der Waals surface area contributed by atoms with E-state index in [1.807, 2.05) is 6.07 Å². The Balaban J connectivity index is 2.02. The van der Waals surface area contributed by atoms with Crippen molar-refractivity contribution in [1.29, 1.82) is 5.26 Å². The van der Waals surface area contributed by atoms with E-state index >= 15 is 0 Å². The van der Waals surface area contributed by atoms with E-state index in [0.29, 0.717) is 4.57 Å². The smallest absolute Gasteiger partial charge is 0.380 e. The number of halogens is 6. The van der Waals surface area contributed by atoms with Crippen LogP contribution in [0.15, 0.2) is 46.2 Å². The van der Waals surface area contributed by atoms with Gasteiger partial charge in [-0.05, 0) is 23.8 Å². The van der Waals surface area contributed by atoms with Gasteiger partial charge in [-0.25, -0.2) is 13.8 Å². The lowest BCUT2D eigenvalue weighted by Gasteiger charge is -2.41. The fraction of sp³-hybridized carbons (Fsp3) is 0.304. The van der Waals surface area contributed by atoms with Crippen molar-refractivity contribution >= 4 is 29.0 Å². The molecule has 37 heavy (non-hydrogen) atoms. The first-order chi connectivity index (χ1) is 17.4. The Hall–Kier alpha value is -3.40. The molecule has 0 amide bonds. The summed E-state index contributed by atoms with van der Waals surface area (Å²) in [5, 5.41) is 19.3. The standard InChI is InChI=1S/C23H17Cl2F4N5O3/c24-14-10-15(12-31-11-14)34-20(35)18(13-1-2-17(26)16(25)9-13)19(33(8-5-30)21(34)36)32-6-3-22(37,4-7-32)23(27,28)29/h1-2,9-12,37H,3-4,6-8H2. The zero-order chi connectivity index (χ0) is 27.1. The van der Waals surface area contributed by atoms with Crippen LogP contribution in [0.4, 0.5) is 23.4 Å². The van der Waals surface area contributed by atoms with Gasteiger partial charge in [0, 0.05) is 32.1 Å². The lowest BCUT2D eigenvalue weighted by atomic mass is 9.90. The maximum Gasteiger partial charge on any atom is 0.417 e. The van der Waals surface area contributed by atoms with Crippen molar-refractivity contribution in [1.82, 2.24) is 14.1 Å². The molecule has 1 fully saturated rings. The van der Waals surface area contributed by atoms with Crippen LogP contribution in [0.2, 0.25) is 10.0 Å². The molecule has 14 heteroatoms. The Labute approximate surface area is 216 Å². The summed E-state index contributed by atoms with van der Waals surface area (Å²) >= 11 is 11.9. The first-order valence-electron chi connectivity index (χ1n) is 10.7. The number of aromatic nitrogens is 3. The number of hydrogen-bond donors (Lipinski definition) is 1. The number of benzene rings is 1. The largest absolute Gasteiger partial charge is 0.417 e. The SMILES string of the molecule is N#CCn1c(N2CCC(O)(C(F)(F)F)CC2)c(-c2ccc(F)c(Cl)c2)c(=O)n(-c2cncc(Cl)c2)c1=O. The molecular weight excluding hydrogens is 541 g/mol. The van der Waals surface area contributed by atoms with Crippen LogP contribution < -0.4 is 16.1 Å². The van der Waals surface area contributed by atoms with Gasteiger partial charge in [-0.3, -0.25) is 14.3 Å². The van der Waals surface area contributed by atoms with Crippen LogP contribution in [0, 0.1) is 17.1 Å². The Kier molecular flexibility index (Phi) is 7.07. The summed E-state index contributed by atoms with van der Waals surface area (Å²) in [5.41, 5.74) is -5.03. The number of piperidine rings is 1. The number of aliphatic hydroxyl groups is 1. The molecule has 0 saturated carbocycles. The molecule has 1 aliphatic rings. The predicted octanol–water partition coefficient (Wildman–Crippen LogP) is 3.92. The zero-order valence-electron chi connectivity index (χ0n) is 18.8. The summed E-state index contributed by atoms with van der Waals surface area (Å²) < 4.78 is 55.8. The van der Waals surface area contributed by atoms with E-state index in [9.17, 15) is 37.5 Å². The monoisotopic (exact) mass is 557 g/mol. The summed E-state index contributed by atoms with van der Waals surface area (Å²) in [5.74, 6) is -0.945. The summed E-state index contributed by atoms with van der Waals surface area (Å²) in [6.07, 6.45) is -3.92. The van der Waals surface area contributed by atoms with Crippen molar-refractivity contribution < 1.29 is 22.7 Å². The van der Waals surface area contributed by atoms with Gasteiger partial charge in [0.25, 0.3) is 5.56 Å². The van der Waals surface area contributed by atoms with Gasteiger partial charge in [0.05, 0.1) is 33.6 Å². The minimum atomic E-state index is -4.89. The van der Waals surface area contributed by atoms with Crippen LogP contribution in [-0.2, 0) is 6.54 Å².